The lowest BCUT2D eigenvalue weighted by molar-refractivity contribution is 0.0219. The SMILES string of the molecule is Cn1c(CN)nc2c1CN(C(=O)OC(C)(C)C)CC2. The zero-order valence-corrected chi connectivity index (χ0v) is 12.1. The van der Waals surface area contributed by atoms with Crippen molar-refractivity contribution in [1.82, 2.24) is 14.5 Å². The molecule has 1 aliphatic rings. The van der Waals surface area contributed by atoms with E-state index in [1.807, 2.05) is 32.4 Å². The first kappa shape index (κ1) is 13.9. The van der Waals surface area contributed by atoms with Crippen molar-refractivity contribution in [3.63, 3.8) is 0 Å². The van der Waals surface area contributed by atoms with Gasteiger partial charge in [0.2, 0.25) is 0 Å². The molecule has 0 aromatic carbocycles. The highest BCUT2D eigenvalue weighted by Crippen LogP contribution is 2.21. The summed E-state index contributed by atoms with van der Waals surface area (Å²) in [5.74, 6) is 0.857. The Labute approximate surface area is 113 Å². The average molecular weight is 266 g/mol. The van der Waals surface area contributed by atoms with E-state index in [1.54, 1.807) is 4.90 Å². The number of hydrogen-bond acceptors (Lipinski definition) is 4. The van der Waals surface area contributed by atoms with E-state index in [2.05, 4.69) is 4.98 Å². The molecule has 1 amide bonds. The van der Waals surface area contributed by atoms with Gasteiger partial charge in [-0.3, -0.25) is 0 Å². The van der Waals surface area contributed by atoms with Crippen LogP contribution in [0, 0.1) is 0 Å². The van der Waals surface area contributed by atoms with Crippen LogP contribution in [0.1, 0.15) is 38.0 Å². The molecular formula is C13H22N4O2. The second-order valence-corrected chi connectivity index (χ2v) is 5.84. The topological polar surface area (TPSA) is 73.4 Å². The Balaban J connectivity index is 2.13. The maximum absolute atomic E-state index is 12.1. The molecule has 2 N–H and O–H groups in total. The summed E-state index contributed by atoms with van der Waals surface area (Å²) >= 11 is 0. The van der Waals surface area contributed by atoms with Crippen molar-refractivity contribution in [2.45, 2.75) is 45.9 Å². The van der Waals surface area contributed by atoms with E-state index in [0.717, 1.165) is 23.6 Å². The first-order valence-electron chi connectivity index (χ1n) is 6.53. The van der Waals surface area contributed by atoms with E-state index in [4.69, 9.17) is 10.5 Å². The molecule has 1 aromatic rings. The average Bonchev–Trinajstić information content (AvgIpc) is 2.63. The maximum Gasteiger partial charge on any atom is 0.410 e. The molecule has 0 fully saturated rings. The van der Waals surface area contributed by atoms with E-state index in [9.17, 15) is 4.79 Å². The van der Waals surface area contributed by atoms with Crippen molar-refractivity contribution in [3.05, 3.63) is 17.2 Å². The lowest BCUT2D eigenvalue weighted by Crippen LogP contribution is -2.40. The van der Waals surface area contributed by atoms with Crippen LogP contribution in [0.25, 0.3) is 0 Å². The summed E-state index contributed by atoms with van der Waals surface area (Å²) in [6.07, 6.45) is 0.483. The molecular weight excluding hydrogens is 244 g/mol. The quantitative estimate of drug-likeness (QED) is 0.828. The van der Waals surface area contributed by atoms with Crippen LogP contribution in [0.3, 0.4) is 0 Å². The highest BCUT2D eigenvalue weighted by atomic mass is 16.6. The Morgan fingerprint density at radius 2 is 2.16 bits per heavy atom. The van der Waals surface area contributed by atoms with E-state index >= 15 is 0 Å². The van der Waals surface area contributed by atoms with Gasteiger partial charge >= 0.3 is 6.09 Å². The van der Waals surface area contributed by atoms with Crippen LogP contribution in [0.15, 0.2) is 0 Å². The molecule has 0 spiro atoms. The van der Waals surface area contributed by atoms with Crippen molar-refractivity contribution < 1.29 is 9.53 Å². The van der Waals surface area contributed by atoms with Crippen molar-refractivity contribution in [2.24, 2.45) is 12.8 Å². The molecule has 2 rings (SSSR count). The van der Waals surface area contributed by atoms with Gasteiger partial charge in [-0.15, -0.1) is 0 Å². The van der Waals surface area contributed by atoms with Gasteiger partial charge < -0.3 is 19.9 Å². The number of nitrogens with two attached hydrogens (primary N) is 1. The number of amides is 1. The fraction of sp³-hybridized carbons (Fsp3) is 0.692. The molecule has 0 saturated carbocycles. The summed E-state index contributed by atoms with van der Waals surface area (Å²) in [6, 6.07) is 0. The standard InChI is InChI=1S/C13H22N4O2/c1-13(2,3)19-12(18)17-6-5-9-10(8-17)16(4)11(7-14)15-9/h5-8,14H2,1-4H3. The Morgan fingerprint density at radius 3 is 2.74 bits per heavy atom. The number of imidazole rings is 1. The van der Waals surface area contributed by atoms with Gasteiger partial charge in [-0.05, 0) is 20.8 Å². The van der Waals surface area contributed by atoms with Gasteiger partial charge in [0.05, 0.1) is 24.5 Å². The summed E-state index contributed by atoms with van der Waals surface area (Å²) in [6.45, 7) is 7.21. The number of carbonyl (C=O) groups excluding carboxylic acids is 1. The fourth-order valence-electron chi connectivity index (χ4n) is 2.21. The Kier molecular flexibility index (Phi) is 3.54. The molecule has 1 aromatic heterocycles. The molecule has 106 valence electrons. The summed E-state index contributed by atoms with van der Waals surface area (Å²) in [7, 11) is 1.94. The smallest absolute Gasteiger partial charge is 0.410 e. The second-order valence-electron chi connectivity index (χ2n) is 5.84. The Morgan fingerprint density at radius 1 is 1.47 bits per heavy atom. The number of rotatable bonds is 1. The van der Waals surface area contributed by atoms with E-state index in [-0.39, 0.29) is 6.09 Å². The van der Waals surface area contributed by atoms with Gasteiger partial charge in [0.25, 0.3) is 0 Å². The van der Waals surface area contributed by atoms with Gasteiger partial charge in [0.15, 0.2) is 0 Å². The van der Waals surface area contributed by atoms with E-state index in [0.29, 0.717) is 19.6 Å². The Hall–Kier alpha value is -1.56. The van der Waals surface area contributed by atoms with Crippen molar-refractivity contribution in [2.75, 3.05) is 6.54 Å². The predicted molar refractivity (Wildman–Crippen MR) is 71.4 cm³/mol. The molecule has 0 unspecified atom stereocenters. The monoisotopic (exact) mass is 266 g/mol. The number of fused-ring (bicyclic) bond motifs is 1. The van der Waals surface area contributed by atoms with Gasteiger partial charge in [0.1, 0.15) is 11.4 Å². The van der Waals surface area contributed by atoms with Gasteiger partial charge in [-0.25, -0.2) is 9.78 Å². The minimum atomic E-state index is -0.466. The highest BCUT2D eigenvalue weighted by Gasteiger charge is 2.28. The largest absolute Gasteiger partial charge is 0.444 e. The number of nitrogens with zero attached hydrogens (tertiary/aromatic N) is 3. The van der Waals surface area contributed by atoms with Crippen LogP contribution in [-0.2, 0) is 31.3 Å². The van der Waals surface area contributed by atoms with Gasteiger partial charge in [-0.1, -0.05) is 0 Å². The zero-order chi connectivity index (χ0) is 14.2. The number of aromatic nitrogens is 2. The maximum atomic E-state index is 12.1. The normalized spacial score (nSPS) is 15.3. The third kappa shape index (κ3) is 2.89. The first-order chi connectivity index (χ1) is 8.81. The summed E-state index contributed by atoms with van der Waals surface area (Å²) in [5, 5.41) is 0. The number of hydrogen-bond donors (Lipinski definition) is 1. The molecule has 0 radical (unpaired) electrons. The zero-order valence-electron chi connectivity index (χ0n) is 12.1. The molecule has 0 aliphatic carbocycles. The molecule has 1 aliphatic heterocycles. The Bertz CT molecular complexity index is 488. The van der Waals surface area contributed by atoms with Crippen molar-refractivity contribution >= 4 is 6.09 Å². The van der Waals surface area contributed by atoms with Crippen LogP contribution in [0.5, 0.6) is 0 Å². The molecule has 0 bridgehead atoms. The lowest BCUT2D eigenvalue weighted by Gasteiger charge is -2.30. The van der Waals surface area contributed by atoms with Crippen LogP contribution in [0.4, 0.5) is 4.79 Å². The number of carbonyl (C=O) groups is 1. The van der Waals surface area contributed by atoms with Crippen molar-refractivity contribution in [3.8, 4) is 0 Å². The summed E-state index contributed by atoms with van der Waals surface area (Å²) < 4.78 is 7.38. The third-order valence-electron chi connectivity index (χ3n) is 3.18. The minimum Gasteiger partial charge on any atom is -0.444 e. The fourth-order valence-corrected chi connectivity index (χ4v) is 2.21. The molecule has 19 heavy (non-hydrogen) atoms. The molecule has 6 heteroatoms. The van der Waals surface area contributed by atoms with Crippen LogP contribution >= 0.6 is 0 Å². The van der Waals surface area contributed by atoms with Gasteiger partial charge in [-0.2, -0.15) is 0 Å². The first-order valence-corrected chi connectivity index (χ1v) is 6.53. The number of ether oxygens (including phenoxy) is 1. The third-order valence-corrected chi connectivity index (χ3v) is 3.18. The lowest BCUT2D eigenvalue weighted by atomic mass is 10.1. The minimum absolute atomic E-state index is 0.270. The summed E-state index contributed by atoms with van der Waals surface area (Å²) in [5.41, 5.74) is 7.28. The van der Waals surface area contributed by atoms with Crippen LogP contribution in [0.2, 0.25) is 0 Å². The second kappa shape index (κ2) is 4.85. The molecule has 0 saturated heterocycles. The van der Waals surface area contributed by atoms with Crippen molar-refractivity contribution in [1.29, 1.82) is 0 Å². The van der Waals surface area contributed by atoms with E-state index < -0.39 is 5.60 Å². The van der Waals surface area contributed by atoms with Crippen LogP contribution < -0.4 is 5.73 Å². The predicted octanol–water partition coefficient (Wildman–Crippen LogP) is 1.17. The van der Waals surface area contributed by atoms with Crippen LogP contribution in [-0.4, -0.2) is 32.7 Å². The molecule has 2 heterocycles. The molecule has 0 atom stereocenters. The highest BCUT2D eigenvalue weighted by molar-refractivity contribution is 5.68. The van der Waals surface area contributed by atoms with E-state index in [1.165, 1.54) is 0 Å². The molecule has 6 nitrogen and oxygen atoms in total. The summed E-state index contributed by atoms with van der Waals surface area (Å²) in [4.78, 5) is 18.3. The van der Waals surface area contributed by atoms with Gasteiger partial charge in [0, 0.05) is 20.0 Å².